The van der Waals surface area contributed by atoms with Crippen molar-refractivity contribution in [2.45, 2.75) is 71.1 Å². The third-order valence-electron chi connectivity index (χ3n) is 2.92. The van der Waals surface area contributed by atoms with Gasteiger partial charge in [-0.3, -0.25) is 0 Å². The Morgan fingerprint density at radius 1 is 0.778 bits per heavy atom. The smallest absolute Gasteiger partial charge is 0.0169 e. The maximum atomic E-state index is 3.57. The Morgan fingerprint density at radius 2 is 1.39 bits per heavy atom. The quantitative estimate of drug-likeness (QED) is 0.213. The Bertz CT molecular complexity index is 251. The van der Waals surface area contributed by atoms with Gasteiger partial charge in [0.05, 0.1) is 0 Å². The minimum atomic E-state index is 1.11. The molecule has 0 aromatic rings. The van der Waals surface area contributed by atoms with Crippen LogP contribution in [-0.2, 0) is 0 Å². The number of rotatable bonds is 12. The van der Waals surface area contributed by atoms with Gasteiger partial charge in [0.15, 0.2) is 0 Å². The Hall–Kier alpha value is -1.00. The molecule has 0 heterocycles. The van der Waals surface area contributed by atoms with E-state index >= 15 is 0 Å². The van der Waals surface area contributed by atoms with Crippen LogP contribution in [0.2, 0.25) is 0 Å². The van der Waals surface area contributed by atoms with E-state index in [4.69, 9.17) is 0 Å². The normalized spacial score (nSPS) is 11.2. The molecule has 0 aliphatic heterocycles. The summed E-state index contributed by atoms with van der Waals surface area (Å²) in [6, 6.07) is 0. The van der Waals surface area contributed by atoms with Crippen molar-refractivity contribution >= 4 is 0 Å². The largest absolute Gasteiger partial charge is 0.133 e. The SMILES string of the molecule is C=C=CCCCCCCC/C=C\C/C=C\CCC. The molecule has 0 fully saturated rings. The molecule has 0 bridgehead atoms. The third kappa shape index (κ3) is 15.0. The minimum Gasteiger partial charge on any atom is -0.133 e. The lowest BCUT2D eigenvalue weighted by Crippen LogP contribution is -1.78. The van der Waals surface area contributed by atoms with E-state index in [0.717, 1.165) is 12.8 Å². The molecule has 0 saturated heterocycles. The molecule has 0 saturated carbocycles. The van der Waals surface area contributed by atoms with Gasteiger partial charge in [-0.25, -0.2) is 0 Å². The van der Waals surface area contributed by atoms with Gasteiger partial charge in [-0.05, 0) is 44.6 Å². The highest BCUT2D eigenvalue weighted by Crippen LogP contribution is 2.08. The van der Waals surface area contributed by atoms with Crippen LogP contribution in [0.4, 0.5) is 0 Å². The summed E-state index contributed by atoms with van der Waals surface area (Å²) in [5.74, 6) is 0. The highest BCUT2D eigenvalue weighted by Gasteiger charge is 1.88. The van der Waals surface area contributed by atoms with Crippen LogP contribution in [0.3, 0.4) is 0 Å². The van der Waals surface area contributed by atoms with Gasteiger partial charge in [0.2, 0.25) is 0 Å². The van der Waals surface area contributed by atoms with Crippen molar-refractivity contribution < 1.29 is 0 Å². The van der Waals surface area contributed by atoms with Gasteiger partial charge < -0.3 is 0 Å². The molecule has 0 nitrogen and oxygen atoms in total. The molecule has 0 spiro atoms. The molecule has 0 heteroatoms. The summed E-state index contributed by atoms with van der Waals surface area (Å²) in [7, 11) is 0. The molecule has 0 aromatic heterocycles. The van der Waals surface area contributed by atoms with Crippen molar-refractivity contribution in [1.29, 1.82) is 0 Å². The van der Waals surface area contributed by atoms with Crippen molar-refractivity contribution in [3.63, 3.8) is 0 Å². The van der Waals surface area contributed by atoms with Crippen LogP contribution in [0.1, 0.15) is 71.1 Å². The van der Waals surface area contributed by atoms with Crippen LogP contribution in [0.25, 0.3) is 0 Å². The minimum absolute atomic E-state index is 1.11. The molecule has 0 aromatic carbocycles. The summed E-state index contributed by atoms with van der Waals surface area (Å²) < 4.78 is 0. The van der Waals surface area contributed by atoms with E-state index in [1.165, 1.54) is 51.4 Å². The summed E-state index contributed by atoms with van der Waals surface area (Å²) in [6.45, 7) is 5.78. The Labute approximate surface area is 114 Å². The first-order valence-electron chi connectivity index (χ1n) is 7.56. The lowest BCUT2D eigenvalue weighted by atomic mass is 10.1. The predicted octanol–water partition coefficient (Wildman–Crippen LogP) is 6.36. The monoisotopic (exact) mass is 246 g/mol. The van der Waals surface area contributed by atoms with E-state index in [2.05, 4.69) is 43.5 Å². The van der Waals surface area contributed by atoms with Gasteiger partial charge in [-0.1, -0.05) is 63.5 Å². The molecule has 0 unspecified atom stereocenters. The first-order chi connectivity index (χ1) is 8.91. The fraction of sp³-hybridized carbons (Fsp3) is 0.611. The summed E-state index contributed by atoms with van der Waals surface area (Å²) in [4.78, 5) is 0. The zero-order valence-electron chi connectivity index (χ0n) is 12.2. The van der Waals surface area contributed by atoms with E-state index in [1.807, 2.05) is 6.08 Å². The molecule has 0 rings (SSSR count). The molecule has 18 heavy (non-hydrogen) atoms. The van der Waals surface area contributed by atoms with Crippen molar-refractivity contribution in [2.24, 2.45) is 0 Å². The number of allylic oxidation sites excluding steroid dienone is 5. The molecule has 0 aliphatic carbocycles. The van der Waals surface area contributed by atoms with E-state index in [9.17, 15) is 0 Å². The van der Waals surface area contributed by atoms with Gasteiger partial charge in [-0.2, -0.15) is 0 Å². The molecule has 0 N–H and O–H groups in total. The number of hydrogen-bond donors (Lipinski definition) is 0. The van der Waals surface area contributed by atoms with E-state index < -0.39 is 0 Å². The lowest BCUT2D eigenvalue weighted by molar-refractivity contribution is 0.622. The average molecular weight is 246 g/mol. The molecule has 0 atom stereocenters. The third-order valence-corrected chi connectivity index (χ3v) is 2.92. The highest BCUT2D eigenvalue weighted by molar-refractivity contribution is 4.92. The zero-order chi connectivity index (χ0) is 13.3. The summed E-state index contributed by atoms with van der Waals surface area (Å²) >= 11 is 0. The van der Waals surface area contributed by atoms with Crippen LogP contribution in [0, 0.1) is 0 Å². The maximum absolute atomic E-state index is 3.57. The van der Waals surface area contributed by atoms with E-state index in [0.29, 0.717) is 0 Å². The Balaban J connectivity index is 3.14. The van der Waals surface area contributed by atoms with E-state index in [1.54, 1.807) is 0 Å². The van der Waals surface area contributed by atoms with Crippen LogP contribution >= 0.6 is 0 Å². The summed E-state index contributed by atoms with van der Waals surface area (Å²) in [6.07, 6.45) is 23.9. The molecular formula is C18H30. The number of hydrogen-bond acceptors (Lipinski definition) is 0. The Morgan fingerprint density at radius 3 is 2.06 bits per heavy atom. The van der Waals surface area contributed by atoms with Crippen molar-refractivity contribution in [2.75, 3.05) is 0 Å². The number of unbranched alkanes of at least 4 members (excludes halogenated alkanes) is 7. The fourth-order valence-electron chi connectivity index (χ4n) is 1.81. The van der Waals surface area contributed by atoms with Crippen molar-refractivity contribution in [3.8, 4) is 0 Å². The first kappa shape index (κ1) is 17.0. The maximum Gasteiger partial charge on any atom is -0.0169 e. The topological polar surface area (TPSA) is 0 Å². The van der Waals surface area contributed by atoms with Crippen molar-refractivity contribution in [3.05, 3.63) is 42.7 Å². The van der Waals surface area contributed by atoms with Gasteiger partial charge in [0.1, 0.15) is 0 Å². The van der Waals surface area contributed by atoms with Gasteiger partial charge in [0.25, 0.3) is 0 Å². The molecule has 0 aliphatic rings. The van der Waals surface area contributed by atoms with E-state index in [-0.39, 0.29) is 0 Å². The Kier molecular flexibility index (Phi) is 15.1. The average Bonchev–Trinajstić information content (AvgIpc) is 2.39. The van der Waals surface area contributed by atoms with Crippen LogP contribution < -0.4 is 0 Å². The highest BCUT2D eigenvalue weighted by atomic mass is 13.9. The molecular weight excluding hydrogens is 216 g/mol. The standard InChI is InChI=1S/C18H30/c1-3-5-7-9-11-13-15-17-18-16-14-12-10-8-6-4-2/h5,8,10,14,16H,1,4,6-7,9,11-13,15,17-18H2,2H3/b10-8-,16-14-. The first-order valence-corrected chi connectivity index (χ1v) is 7.56. The van der Waals surface area contributed by atoms with Gasteiger partial charge >= 0.3 is 0 Å². The molecule has 0 amide bonds. The molecule has 102 valence electrons. The second kappa shape index (κ2) is 16.0. The van der Waals surface area contributed by atoms with Crippen LogP contribution in [0.15, 0.2) is 42.7 Å². The van der Waals surface area contributed by atoms with Crippen LogP contribution in [-0.4, -0.2) is 0 Å². The summed E-state index contributed by atoms with van der Waals surface area (Å²) in [5, 5.41) is 0. The predicted molar refractivity (Wildman–Crippen MR) is 83.8 cm³/mol. The molecule has 0 radical (unpaired) electrons. The second-order valence-corrected chi connectivity index (χ2v) is 4.72. The fourth-order valence-corrected chi connectivity index (χ4v) is 1.81. The summed E-state index contributed by atoms with van der Waals surface area (Å²) in [5.41, 5.74) is 2.82. The van der Waals surface area contributed by atoms with Crippen LogP contribution in [0.5, 0.6) is 0 Å². The second-order valence-electron chi connectivity index (χ2n) is 4.72. The lowest BCUT2D eigenvalue weighted by Gasteiger charge is -1.97. The van der Waals surface area contributed by atoms with Gasteiger partial charge in [0, 0.05) is 0 Å². The zero-order valence-corrected chi connectivity index (χ0v) is 12.2. The van der Waals surface area contributed by atoms with Gasteiger partial charge in [-0.15, -0.1) is 5.73 Å². The van der Waals surface area contributed by atoms with Crippen molar-refractivity contribution in [1.82, 2.24) is 0 Å².